The molecule has 2 heterocycles. The number of carbonyl (C=O) groups excluding carboxylic acids is 4. The summed E-state index contributed by atoms with van der Waals surface area (Å²) in [5.41, 5.74) is 2.29. The van der Waals surface area contributed by atoms with Crippen molar-refractivity contribution in [3.8, 4) is 0 Å². The second kappa shape index (κ2) is 8.94. The maximum atomic E-state index is 12.5. The predicted octanol–water partition coefficient (Wildman–Crippen LogP) is 2.97. The predicted molar refractivity (Wildman–Crippen MR) is 109 cm³/mol. The fraction of sp³-hybridized carbons (Fsp3) is 0.364. The van der Waals surface area contributed by atoms with Gasteiger partial charge in [-0.05, 0) is 44.9 Å². The SMILES string of the molecule is CCOC(=O)c1[nH]c(C)c(C(=O)OCC(=O)c2cccc(N3CCCC3=O)c2)c1C. The number of ether oxygens (including phenoxy) is 2. The molecule has 2 aromatic rings. The quantitative estimate of drug-likeness (QED) is 0.554. The van der Waals surface area contributed by atoms with Crippen molar-refractivity contribution < 1.29 is 28.7 Å². The molecule has 1 N–H and O–H groups in total. The second-order valence-corrected chi connectivity index (χ2v) is 7.04. The summed E-state index contributed by atoms with van der Waals surface area (Å²) in [5.74, 6) is -1.60. The lowest BCUT2D eigenvalue weighted by Gasteiger charge is -2.16. The van der Waals surface area contributed by atoms with Gasteiger partial charge < -0.3 is 19.4 Å². The van der Waals surface area contributed by atoms with Crippen LogP contribution >= 0.6 is 0 Å². The number of hydrogen-bond donors (Lipinski definition) is 1. The molecule has 1 aliphatic heterocycles. The second-order valence-electron chi connectivity index (χ2n) is 7.04. The van der Waals surface area contributed by atoms with Gasteiger partial charge in [0.2, 0.25) is 5.91 Å². The normalized spacial score (nSPS) is 13.4. The third kappa shape index (κ3) is 4.27. The number of ketones is 1. The van der Waals surface area contributed by atoms with Gasteiger partial charge in [0.25, 0.3) is 0 Å². The first kappa shape index (κ1) is 21.3. The molecule has 8 heteroatoms. The minimum Gasteiger partial charge on any atom is -0.461 e. The summed E-state index contributed by atoms with van der Waals surface area (Å²) in [6.45, 7) is 5.34. The Bertz CT molecular complexity index is 1010. The Labute approximate surface area is 174 Å². The molecule has 1 aromatic heterocycles. The number of aryl methyl sites for hydroxylation is 1. The first-order valence-corrected chi connectivity index (χ1v) is 9.80. The summed E-state index contributed by atoms with van der Waals surface area (Å²) in [7, 11) is 0. The van der Waals surface area contributed by atoms with Crippen molar-refractivity contribution in [3.05, 3.63) is 52.3 Å². The number of carbonyl (C=O) groups is 4. The highest BCUT2D eigenvalue weighted by Gasteiger charge is 2.25. The number of aromatic amines is 1. The van der Waals surface area contributed by atoms with Gasteiger partial charge in [-0.25, -0.2) is 9.59 Å². The van der Waals surface area contributed by atoms with Crippen LogP contribution < -0.4 is 4.90 Å². The average molecular weight is 412 g/mol. The summed E-state index contributed by atoms with van der Waals surface area (Å²) < 4.78 is 10.2. The zero-order valence-electron chi connectivity index (χ0n) is 17.2. The number of aromatic nitrogens is 1. The molecule has 0 atom stereocenters. The molecule has 8 nitrogen and oxygen atoms in total. The third-order valence-electron chi connectivity index (χ3n) is 5.01. The molecule has 30 heavy (non-hydrogen) atoms. The van der Waals surface area contributed by atoms with E-state index in [1.165, 1.54) is 0 Å². The Morgan fingerprint density at radius 1 is 1.13 bits per heavy atom. The van der Waals surface area contributed by atoms with Gasteiger partial charge >= 0.3 is 11.9 Å². The minimum atomic E-state index is -0.698. The van der Waals surface area contributed by atoms with Crippen molar-refractivity contribution in [2.45, 2.75) is 33.6 Å². The molecule has 1 saturated heterocycles. The van der Waals surface area contributed by atoms with Gasteiger partial charge in [0.1, 0.15) is 5.69 Å². The van der Waals surface area contributed by atoms with Crippen molar-refractivity contribution in [1.82, 2.24) is 4.98 Å². The smallest absolute Gasteiger partial charge is 0.355 e. The van der Waals surface area contributed by atoms with Crippen molar-refractivity contribution in [2.75, 3.05) is 24.7 Å². The van der Waals surface area contributed by atoms with E-state index in [0.717, 1.165) is 6.42 Å². The van der Waals surface area contributed by atoms with Crippen LogP contribution in [0, 0.1) is 13.8 Å². The largest absolute Gasteiger partial charge is 0.461 e. The number of hydrogen-bond acceptors (Lipinski definition) is 6. The van der Waals surface area contributed by atoms with Crippen LogP contribution in [0.15, 0.2) is 24.3 Å². The van der Waals surface area contributed by atoms with Gasteiger partial charge in [0, 0.05) is 29.9 Å². The Morgan fingerprint density at radius 3 is 2.57 bits per heavy atom. The molecule has 0 saturated carbocycles. The van der Waals surface area contributed by atoms with Gasteiger partial charge in [0.05, 0.1) is 12.2 Å². The van der Waals surface area contributed by atoms with E-state index in [-0.39, 0.29) is 29.6 Å². The van der Waals surface area contributed by atoms with Crippen LogP contribution in [-0.4, -0.2) is 48.4 Å². The Kier molecular flexibility index (Phi) is 6.34. The van der Waals surface area contributed by atoms with Crippen molar-refractivity contribution in [2.24, 2.45) is 0 Å². The van der Waals surface area contributed by atoms with Crippen LogP contribution in [0.5, 0.6) is 0 Å². The number of nitrogens with one attached hydrogen (secondary N) is 1. The van der Waals surface area contributed by atoms with E-state index in [4.69, 9.17) is 9.47 Å². The number of H-pyrrole nitrogens is 1. The van der Waals surface area contributed by atoms with E-state index in [9.17, 15) is 19.2 Å². The highest BCUT2D eigenvalue weighted by atomic mass is 16.5. The number of benzene rings is 1. The molecule has 1 aromatic carbocycles. The summed E-state index contributed by atoms with van der Waals surface area (Å²) in [6, 6.07) is 6.72. The van der Waals surface area contributed by atoms with Crippen LogP contribution in [0.25, 0.3) is 0 Å². The van der Waals surface area contributed by atoms with E-state index in [2.05, 4.69) is 4.98 Å². The van der Waals surface area contributed by atoms with Crippen LogP contribution in [0.3, 0.4) is 0 Å². The molecule has 0 unspecified atom stereocenters. The summed E-state index contributed by atoms with van der Waals surface area (Å²) in [5, 5.41) is 0. The molecule has 0 aliphatic carbocycles. The molecule has 0 bridgehead atoms. The number of nitrogens with zero attached hydrogens (tertiary/aromatic N) is 1. The van der Waals surface area contributed by atoms with Crippen LogP contribution in [0.4, 0.5) is 5.69 Å². The molecule has 0 spiro atoms. The first-order chi connectivity index (χ1) is 14.3. The average Bonchev–Trinajstić information content (AvgIpc) is 3.28. The number of esters is 2. The highest BCUT2D eigenvalue weighted by Crippen LogP contribution is 2.23. The monoisotopic (exact) mass is 412 g/mol. The lowest BCUT2D eigenvalue weighted by molar-refractivity contribution is -0.117. The van der Waals surface area contributed by atoms with Gasteiger partial charge in [-0.1, -0.05) is 12.1 Å². The van der Waals surface area contributed by atoms with Gasteiger partial charge in [0.15, 0.2) is 12.4 Å². The summed E-state index contributed by atoms with van der Waals surface area (Å²) >= 11 is 0. The zero-order valence-corrected chi connectivity index (χ0v) is 17.2. The van der Waals surface area contributed by atoms with Crippen molar-refractivity contribution >= 4 is 29.3 Å². The Hall–Kier alpha value is -3.42. The summed E-state index contributed by atoms with van der Waals surface area (Å²) in [6.07, 6.45) is 1.29. The number of Topliss-reactive ketones (excluding diaryl/α,β-unsaturated/α-hetero) is 1. The third-order valence-corrected chi connectivity index (χ3v) is 5.01. The molecular weight excluding hydrogens is 388 g/mol. The van der Waals surface area contributed by atoms with E-state index < -0.39 is 18.5 Å². The lowest BCUT2D eigenvalue weighted by Crippen LogP contribution is -2.24. The molecule has 1 amide bonds. The summed E-state index contributed by atoms with van der Waals surface area (Å²) in [4.78, 5) is 53.5. The molecule has 3 rings (SSSR count). The van der Waals surface area contributed by atoms with Crippen molar-refractivity contribution in [1.29, 1.82) is 0 Å². The van der Waals surface area contributed by atoms with Gasteiger partial charge in [-0.15, -0.1) is 0 Å². The van der Waals surface area contributed by atoms with E-state index in [0.29, 0.717) is 35.5 Å². The fourth-order valence-electron chi connectivity index (χ4n) is 3.52. The maximum absolute atomic E-state index is 12.5. The fourth-order valence-corrected chi connectivity index (χ4v) is 3.52. The standard InChI is InChI=1S/C22H24N2O6/c1-4-29-22(28)20-13(2)19(14(3)23-20)21(27)30-12-17(25)15-7-5-8-16(11-15)24-10-6-9-18(24)26/h5,7-8,11,23H,4,6,9-10,12H2,1-3H3. The van der Waals surface area contributed by atoms with Gasteiger partial charge in [-0.2, -0.15) is 0 Å². The highest BCUT2D eigenvalue weighted by molar-refractivity contribution is 6.03. The van der Waals surface area contributed by atoms with E-state index in [1.54, 1.807) is 49.9 Å². The van der Waals surface area contributed by atoms with Gasteiger partial charge in [-0.3, -0.25) is 9.59 Å². The topological polar surface area (TPSA) is 106 Å². The first-order valence-electron chi connectivity index (χ1n) is 9.80. The lowest BCUT2D eigenvalue weighted by atomic mass is 10.1. The molecular formula is C22H24N2O6. The minimum absolute atomic E-state index is 0.0295. The number of anilines is 1. The molecule has 0 radical (unpaired) electrons. The Balaban J connectivity index is 1.69. The maximum Gasteiger partial charge on any atom is 0.355 e. The van der Waals surface area contributed by atoms with Crippen molar-refractivity contribution in [3.63, 3.8) is 0 Å². The molecule has 1 aliphatic rings. The molecule has 1 fully saturated rings. The Morgan fingerprint density at radius 2 is 1.90 bits per heavy atom. The molecule has 158 valence electrons. The van der Waals surface area contributed by atoms with Crippen LogP contribution in [-0.2, 0) is 14.3 Å². The van der Waals surface area contributed by atoms with Crippen LogP contribution in [0.2, 0.25) is 0 Å². The van der Waals surface area contributed by atoms with E-state index in [1.807, 2.05) is 0 Å². The zero-order chi connectivity index (χ0) is 21.8. The number of rotatable bonds is 7. The number of amides is 1. The van der Waals surface area contributed by atoms with E-state index >= 15 is 0 Å². The van der Waals surface area contributed by atoms with Crippen LogP contribution in [0.1, 0.15) is 62.2 Å².